The molecule has 31 heavy (non-hydrogen) atoms. The molecule has 0 aliphatic carbocycles. The van der Waals surface area contributed by atoms with Gasteiger partial charge in [0, 0.05) is 5.69 Å². The number of carbonyl (C=O) groups excluding carboxylic acids is 1. The highest BCUT2D eigenvalue weighted by molar-refractivity contribution is 7.89. The number of hydrogen-bond acceptors (Lipinski definition) is 4. The van der Waals surface area contributed by atoms with Crippen LogP contribution >= 0.6 is 11.6 Å². The normalized spacial score (nSPS) is 12.2. The first-order valence-electron chi connectivity index (χ1n) is 9.56. The van der Waals surface area contributed by atoms with Crippen LogP contribution in [-0.2, 0) is 21.2 Å². The molecular weight excluding hydrogens is 436 g/mol. The molecule has 0 unspecified atom stereocenters. The number of rotatable bonds is 8. The van der Waals surface area contributed by atoms with Crippen LogP contribution in [0.1, 0.15) is 11.1 Å². The number of hydrogen-bond donors (Lipinski definition) is 2. The Labute approximate surface area is 187 Å². The first kappa shape index (κ1) is 22.8. The molecule has 1 amide bonds. The standard InChI is InChI=1S/C23H23ClN2O4S/c1-16-8-6-7-11-20(16)25-23(27)21(14-17-9-4-3-5-10-17)26-31(28,29)18-12-13-22(30-2)19(24)15-18/h3-13,15,21,26H,14H2,1-2H3,(H,25,27)/t21-/m1/s1. The van der Waals surface area contributed by atoms with Crippen LogP contribution in [0.5, 0.6) is 5.75 Å². The van der Waals surface area contributed by atoms with Crippen LogP contribution in [0.4, 0.5) is 5.69 Å². The predicted octanol–water partition coefficient (Wildman–Crippen LogP) is 4.19. The zero-order chi connectivity index (χ0) is 22.4. The lowest BCUT2D eigenvalue weighted by Crippen LogP contribution is -2.45. The van der Waals surface area contributed by atoms with Crippen molar-refractivity contribution in [2.45, 2.75) is 24.3 Å². The highest BCUT2D eigenvalue weighted by Crippen LogP contribution is 2.27. The molecule has 162 valence electrons. The molecule has 8 heteroatoms. The minimum absolute atomic E-state index is 0.0555. The van der Waals surface area contributed by atoms with Crippen LogP contribution in [0.2, 0.25) is 5.02 Å². The van der Waals surface area contributed by atoms with Gasteiger partial charge in [0.05, 0.1) is 17.0 Å². The summed E-state index contributed by atoms with van der Waals surface area (Å²) in [5.41, 5.74) is 2.32. The minimum atomic E-state index is -4.03. The number of para-hydroxylation sites is 1. The Balaban J connectivity index is 1.89. The number of amides is 1. The van der Waals surface area contributed by atoms with Gasteiger partial charge < -0.3 is 10.1 Å². The SMILES string of the molecule is COc1ccc(S(=O)(=O)N[C@H](Cc2ccccc2)C(=O)Nc2ccccc2C)cc1Cl. The fraction of sp³-hybridized carbons (Fsp3) is 0.174. The average Bonchev–Trinajstić information content (AvgIpc) is 2.75. The van der Waals surface area contributed by atoms with Crippen LogP contribution in [0, 0.1) is 6.92 Å². The zero-order valence-electron chi connectivity index (χ0n) is 17.1. The number of nitrogens with one attached hydrogen (secondary N) is 2. The molecule has 0 aromatic heterocycles. The minimum Gasteiger partial charge on any atom is -0.495 e. The Morgan fingerprint density at radius 1 is 1.03 bits per heavy atom. The summed E-state index contributed by atoms with van der Waals surface area (Å²) in [5.74, 6) is -0.0971. The maximum atomic E-state index is 13.1. The van der Waals surface area contributed by atoms with E-state index in [2.05, 4.69) is 10.0 Å². The van der Waals surface area contributed by atoms with Crippen LogP contribution in [0.3, 0.4) is 0 Å². The van der Waals surface area contributed by atoms with E-state index in [9.17, 15) is 13.2 Å². The number of anilines is 1. The molecule has 3 rings (SSSR count). The summed E-state index contributed by atoms with van der Waals surface area (Å²) in [6, 6.07) is 19.6. The number of aryl methyl sites for hydroxylation is 1. The Morgan fingerprint density at radius 3 is 2.35 bits per heavy atom. The van der Waals surface area contributed by atoms with E-state index >= 15 is 0 Å². The Bertz CT molecular complexity index is 1170. The third-order valence-corrected chi connectivity index (χ3v) is 6.50. The van der Waals surface area contributed by atoms with E-state index in [0.29, 0.717) is 11.4 Å². The maximum Gasteiger partial charge on any atom is 0.242 e. The van der Waals surface area contributed by atoms with Gasteiger partial charge in [0.2, 0.25) is 15.9 Å². The third kappa shape index (κ3) is 5.85. The summed E-state index contributed by atoms with van der Waals surface area (Å²) < 4.78 is 33.6. The first-order chi connectivity index (χ1) is 14.8. The molecule has 0 fully saturated rings. The van der Waals surface area contributed by atoms with Crippen molar-refractivity contribution in [3.63, 3.8) is 0 Å². The molecule has 0 saturated carbocycles. The molecule has 0 heterocycles. The van der Waals surface area contributed by atoms with E-state index in [-0.39, 0.29) is 16.3 Å². The van der Waals surface area contributed by atoms with E-state index in [0.717, 1.165) is 11.1 Å². The van der Waals surface area contributed by atoms with Gasteiger partial charge in [-0.3, -0.25) is 4.79 Å². The smallest absolute Gasteiger partial charge is 0.242 e. The summed E-state index contributed by atoms with van der Waals surface area (Å²) in [6.45, 7) is 1.87. The van der Waals surface area contributed by atoms with E-state index < -0.39 is 22.0 Å². The van der Waals surface area contributed by atoms with E-state index in [1.807, 2.05) is 49.4 Å². The van der Waals surface area contributed by atoms with Crippen LogP contribution in [0.15, 0.2) is 77.7 Å². The summed E-state index contributed by atoms with van der Waals surface area (Å²) in [4.78, 5) is 13.0. The molecule has 3 aromatic carbocycles. The Hall–Kier alpha value is -2.87. The third-order valence-electron chi connectivity index (χ3n) is 4.73. The molecule has 0 radical (unpaired) electrons. The number of halogens is 1. The number of sulfonamides is 1. The van der Waals surface area contributed by atoms with E-state index in [1.54, 1.807) is 12.1 Å². The quantitative estimate of drug-likeness (QED) is 0.530. The van der Waals surface area contributed by atoms with E-state index in [1.165, 1.54) is 25.3 Å². The Kier molecular flexibility index (Phi) is 7.33. The van der Waals surface area contributed by atoms with E-state index in [4.69, 9.17) is 16.3 Å². The summed E-state index contributed by atoms with van der Waals surface area (Å²) in [5, 5.41) is 2.98. The highest BCUT2D eigenvalue weighted by atomic mass is 35.5. The number of methoxy groups -OCH3 is 1. The molecular formula is C23H23ClN2O4S. The van der Waals surface area contributed by atoms with Crippen LogP contribution < -0.4 is 14.8 Å². The summed E-state index contributed by atoms with van der Waals surface area (Å²) in [7, 11) is -2.58. The molecule has 2 N–H and O–H groups in total. The lowest BCUT2D eigenvalue weighted by molar-refractivity contribution is -0.117. The lowest BCUT2D eigenvalue weighted by atomic mass is 10.1. The average molecular weight is 459 g/mol. The van der Waals surface area contributed by atoms with Gasteiger partial charge in [-0.25, -0.2) is 8.42 Å². The fourth-order valence-electron chi connectivity index (χ4n) is 3.04. The maximum absolute atomic E-state index is 13.1. The van der Waals surface area contributed by atoms with Gasteiger partial charge >= 0.3 is 0 Å². The van der Waals surface area contributed by atoms with Gasteiger partial charge in [-0.15, -0.1) is 0 Å². The molecule has 3 aromatic rings. The largest absolute Gasteiger partial charge is 0.495 e. The fourth-order valence-corrected chi connectivity index (χ4v) is 4.58. The van der Waals surface area contributed by atoms with Crippen molar-refractivity contribution < 1.29 is 17.9 Å². The number of carbonyl (C=O) groups is 1. The molecule has 6 nitrogen and oxygen atoms in total. The van der Waals surface area contributed by atoms with Crippen LogP contribution in [0.25, 0.3) is 0 Å². The zero-order valence-corrected chi connectivity index (χ0v) is 18.7. The molecule has 0 spiro atoms. The Morgan fingerprint density at radius 2 is 1.71 bits per heavy atom. The molecule has 0 aliphatic rings. The number of ether oxygens (including phenoxy) is 1. The van der Waals surface area contributed by atoms with Crippen LogP contribution in [-0.4, -0.2) is 27.5 Å². The second-order valence-electron chi connectivity index (χ2n) is 6.96. The summed E-state index contributed by atoms with van der Waals surface area (Å²) in [6.07, 6.45) is 0.182. The van der Waals surface area contributed by atoms with Crippen molar-refractivity contribution in [2.24, 2.45) is 0 Å². The van der Waals surface area contributed by atoms with Gasteiger partial charge in [0.1, 0.15) is 11.8 Å². The van der Waals surface area contributed by atoms with Gasteiger partial charge in [0.15, 0.2) is 0 Å². The van der Waals surface area contributed by atoms with Gasteiger partial charge in [-0.2, -0.15) is 4.72 Å². The predicted molar refractivity (Wildman–Crippen MR) is 122 cm³/mol. The second kappa shape index (κ2) is 9.96. The van der Waals surface area contributed by atoms with Gasteiger partial charge in [-0.1, -0.05) is 60.1 Å². The van der Waals surface area contributed by atoms with Crippen molar-refractivity contribution in [3.05, 3.63) is 88.9 Å². The monoisotopic (exact) mass is 458 g/mol. The van der Waals surface area contributed by atoms with Crippen molar-refractivity contribution in [2.75, 3.05) is 12.4 Å². The lowest BCUT2D eigenvalue weighted by Gasteiger charge is -2.20. The van der Waals surface area contributed by atoms with Crippen molar-refractivity contribution >= 4 is 33.2 Å². The number of benzene rings is 3. The second-order valence-corrected chi connectivity index (χ2v) is 9.09. The van der Waals surface area contributed by atoms with Gasteiger partial charge in [0.25, 0.3) is 0 Å². The molecule has 0 saturated heterocycles. The topological polar surface area (TPSA) is 84.5 Å². The highest BCUT2D eigenvalue weighted by Gasteiger charge is 2.27. The van der Waals surface area contributed by atoms with Crippen molar-refractivity contribution in [1.82, 2.24) is 4.72 Å². The molecule has 1 atom stereocenters. The van der Waals surface area contributed by atoms with Crippen molar-refractivity contribution in [3.8, 4) is 5.75 Å². The van der Waals surface area contributed by atoms with Gasteiger partial charge in [-0.05, 0) is 48.7 Å². The van der Waals surface area contributed by atoms with Crippen molar-refractivity contribution in [1.29, 1.82) is 0 Å². The summed E-state index contributed by atoms with van der Waals surface area (Å²) >= 11 is 6.09. The molecule has 0 aliphatic heterocycles. The first-order valence-corrected chi connectivity index (χ1v) is 11.4. The molecule has 0 bridgehead atoms.